The standard InChI is InChI=1S/C38H82O6S2Si2/c1-7-13-19-29-39-47(40-30-20-14-8-2,41-31-21-15-9-3)37-27-25-35-45-46-36-26-28-38-48(42-32-22-16-10-4,43-33-23-17-11-5)44-34-24-18-12-6/h7-38H2,1-6H3. The number of hydrogen-bond donors (Lipinski definition) is 0. The molecular formula is C38H82O6S2Si2. The molecule has 48 heavy (non-hydrogen) atoms. The average molecular weight is 755 g/mol. The highest BCUT2D eigenvalue weighted by molar-refractivity contribution is 8.76. The van der Waals surface area contributed by atoms with Crippen molar-refractivity contribution in [1.29, 1.82) is 0 Å². The van der Waals surface area contributed by atoms with Crippen molar-refractivity contribution in [2.24, 2.45) is 0 Å². The van der Waals surface area contributed by atoms with Crippen molar-refractivity contribution < 1.29 is 26.6 Å². The molecule has 0 aliphatic heterocycles. The fraction of sp³-hybridized carbons (Fsp3) is 1.00. The van der Waals surface area contributed by atoms with Crippen molar-refractivity contribution in [2.75, 3.05) is 51.1 Å². The predicted octanol–water partition coefficient (Wildman–Crippen LogP) is 13.0. The van der Waals surface area contributed by atoms with E-state index in [1.54, 1.807) is 0 Å². The summed E-state index contributed by atoms with van der Waals surface area (Å²) in [6.45, 7) is 18.1. The second kappa shape index (κ2) is 37.6. The van der Waals surface area contributed by atoms with E-state index in [4.69, 9.17) is 26.6 Å². The molecule has 0 spiro atoms. The molecule has 0 aliphatic carbocycles. The summed E-state index contributed by atoms with van der Waals surface area (Å²) in [6.07, 6.45) is 25.6. The van der Waals surface area contributed by atoms with E-state index in [0.29, 0.717) is 0 Å². The molecule has 0 aliphatic rings. The average Bonchev–Trinajstić information content (AvgIpc) is 3.10. The van der Waals surface area contributed by atoms with E-state index >= 15 is 0 Å². The minimum Gasteiger partial charge on any atom is -0.373 e. The minimum atomic E-state index is -2.64. The Morgan fingerprint density at radius 3 is 0.729 bits per heavy atom. The van der Waals surface area contributed by atoms with Crippen LogP contribution in [0.25, 0.3) is 0 Å². The first-order valence-electron chi connectivity index (χ1n) is 20.7. The van der Waals surface area contributed by atoms with Gasteiger partial charge in [-0.05, 0) is 64.2 Å². The van der Waals surface area contributed by atoms with Crippen LogP contribution in [-0.2, 0) is 26.6 Å². The molecule has 290 valence electrons. The van der Waals surface area contributed by atoms with Crippen molar-refractivity contribution in [1.82, 2.24) is 0 Å². The maximum absolute atomic E-state index is 6.56. The van der Waals surface area contributed by atoms with Gasteiger partial charge in [0.2, 0.25) is 0 Å². The van der Waals surface area contributed by atoms with Crippen LogP contribution in [0, 0.1) is 0 Å². The fourth-order valence-electron chi connectivity index (χ4n) is 5.28. The second-order valence-electron chi connectivity index (χ2n) is 13.3. The third kappa shape index (κ3) is 29.5. The lowest BCUT2D eigenvalue weighted by Crippen LogP contribution is -2.46. The van der Waals surface area contributed by atoms with Crippen molar-refractivity contribution in [3.05, 3.63) is 0 Å². The van der Waals surface area contributed by atoms with Gasteiger partial charge in [-0.3, -0.25) is 0 Å². The van der Waals surface area contributed by atoms with Gasteiger partial charge in [0, 0.05) is 63.2 Å². The highest BCUT2D eigenvalue weighted by Gasteiger charge is 2.41. The molecule has 0 radical (unpaired) electrons. The first kappa shape index (κ1) is 48.9. The van der Waals surface area contributed by atoms with Gasteiger partial charge in [-0.1, -0.05) is 140 Å². The zero-order chi connectivity index (χ0) is 35.3. The quantitative estimate of drug-likeness (QED) is 0.0347. The normalized spacial score (nSPS) is 12.4. The molecule has 0 amide bonds. The minimum absolute atomic E-state index is 0.772. The third-order valence-electron chi connectivity index (χ3n) is 8.42. The van der Waals surface area contributed by atoms with E-state index in [2.05, 4.69) is 41.5 Å². The molecule has 10 heteroatoms. The van der Waals surface area contributed by atoms with Gasteiger partial charge in [0.15, 0.2) is 0 Å². The molecule has 0 N–H and O–H groups in total. The predicted molar refractivity (Wildman–Crippen MR) is 217 cm³/mol. The van der Waals surface area contributed by atoms with E-state index < -0.39 is 17.6 Å². The van der Waals surface area contributed by atoms with E-state index in [9.17, 15) is 0 Å². The molecule has 0 aromatic carbocycles. The maximum Gasteiger partial charge on any atom is 0.500 e. The largest absolute Gasteiger partial charge is 0.500 e. The zero-order valence-electron chi connectivity index (χ0n) is 32.9. The van der Waals surface area contributed by atoms with Gasteiger partial charge in [0.05, 0.1) is 0 Å². The van der Waals surface area contributed by atoms with Gasteiger partial charge in [-0.15, -0.1) is 0 Å². The van der Waals surface area contributed by atoms with Gasteiger partial charge in [-0.25, -0.2) is 0 Å². The molecule has 0 saturated carbocycles. The summed E-state index contributed by atoms with van der Waals surface area (Å²) in [5.41, 5.74) is 0. The maximum atomic E-state index is 6.56. The molecule has 0 bridgehead atoms. The lowest BCUT2D eigenvalue weighted by molar-refractivity contribution is 0.0543. The molecule has 6 nitrogen and oxygen atoms in total. The lowest BCUT2D eigenvalue weighted by atomic mass is 10.3. The van der Waals surface area contributed by atoms with Crippen molar-refractivity contribution in [3.63, 3.8) is 0 Å². The Hall–Kier alpha value is 0.894. The topological polar surface area (TPSA) is 55.4 Å². The molecule has 0 atom stereocenters. The number of hydrogen-bond acceptors (Lipinski definition) is 8. The summed E-state index contributed by atoms with van der Waals surface area (Å²) in [5, 5.41) is 0. The Labute approximate surface area is 310 Å². The van der Waals surface area contributed by atoms with Gasteiger partial charge in [0.1, 0.15) is 0 Å². The van der Waals surface area contributed by atoms with Crippen LogP contribution in [0.5, 0.6) is 0 Å². The van der Waals surface area contributed by atoms with Crippen molar-refractivity contribution in [3.8, 4) is 0 Å². The summed E-state index contributed by atoms with van der Waals surface area (Å²) >= 11 is 0. The first-order valence-corrected chi connectivity index (χ1v) is 27.0. The highest BCUT2D eigenvalue weighted by atomic mass is 33.1. The van der Waals surface area contributed by atoms with E-state index in [0.717, 1.165) is 115 Å². The Morgan fingerprint density at radius 2 is 0.521 bits per heavy atom. The Morgan fingerprint density at radius 1 is 0.292 bits per heavy atom. The smallest absolute Gasteiger partial charge is 0.373 e. The van der Waals surface area contributed by atoms with Crippen LogP contribution in [0.2, 0.25) is 12.1 Å². The Balaban J connectivity index is 4.80. The summed E-state index contributed by atoms with van der Waals surface area (Å²) < 4.78 is 39.3. The van der Waals surface area contributed by atoms with Crippen LogP contribution in [0.4, 0.5) is 0 Å². The second-order valence-corrected chi connectivity index (χ2v) is 21.4. The Bertz CT molecular complexity index is 523. The third-order valence-corrected chi connectivity index (χ3v) is 16.8. The molecule has 0 heterocycles. The highest BCUT2D eigenvalue weighted by Crippen LogP contribution is 2.28. The number of rotatable bonds is 41. The first-order chi connectivity index (χ1) is 23.6. The SMILES string of the molecule is CCCCCO[Si](CCCCSSCCCC[Si](OCCCCC)(OCCCCC)OCCCCC)(OCCCCC)OCCCCC. The van der Waals surface area contributed by atoms with Crippen LogP contribution in [0.15, 0.2) is 0 Å². The summed E-state index contributed by atoms with van der Waals surface area (Å²) in [5.74, 6) is 2.33. The van der Waals surface area contributed by atoms with Crippen molar-refractivity contribution in [2.45, 2.75) is 195 Å². The number of unbranched alkanes of at least 4 members (excludes halogenated alkanes) is 14. The van der Waals surface area contributed by atoms with Gasteiger partial charge < -0.3 is 26.6 Å². The molecule has 0 saturated heterocycles. The van der Waals surface area contributed by atoms with Crippen LogP contribution in [-0.4, -0.2) is 68.8 Å². The Kier molecular flexibility index (Phi) is 38.3. The monoisotopic (exact) mass is 755 g/mol. The summed E-state index contributed by atoms with van der Waals surface area (Å²) in [7, 11) is -1.24. The molecule has 0 aromatic rings. The molecule has 0 rings (SSSR count). The molecule has 0 unspecified atom stereocenters. The van der Waals surface area contributed by atoms with E-state index in [1.807, 2.05) is 21.6 Å². The van der Waals surface area contributed by atoms with E-state index in [1.165, 1.54) is 89.9 Å². The van der Waals surface area contributed by atoms with Crippen LogP contribution in [0.3, 0.4) is 0 Å². The summed E-state index contributed by atoms with van der Waals surface area (Å²) in [6, 6.07) is 1.90. The van der Waals surface area contributed by atoms with Gasteiger partial charge >= 0.3 is 17.6 Å². The van der Waals surface area contributed by atoms with Crippen molar-refractivity contribution >= 4 is 39.2 Å². The molecule has 0 fully saturated rings. The molecular weight excluding hydrogens is 673 g/mol. The van der Waals surface area contributed by atoms with Gasteiger partial charge in [-0.2, -0.15) is 0 Å². The van der Waals surface area contributed by atoms with Crippen LogP contribution < -0.4 is 0 Å². The fourth-order valence-corrected chi connectivity index (χ4v) is 13.0. The van der Waals surface area contributed by atoms with E-state index in [-0.39, 0.29) is 0 Å². The van der Waals surface area contributed by atoms with Gasteiger partial charge in [0.25, 0.3) is 0 Å². The van der Waals surface area contributed by atoms with Crippen LogP contribution >= 0.6 is 21.6 Å². The zero-order valence-corrected chi connectivity index (χ0v) is 36.5. The molecule has 0 aromatic heterocycles. The lowest BCUT2D eigenvalue weighted by Gasteiger charge is -2.30. The summed E-state index contributed by atoms with van der Waals surface area (Å²) in [4.78, 5) is 0. The van der Waals surface area contributed by atoms with Crippen LogP contribution in [0.1, 0.15) is 183 Å².